The molecule has 1 amide bonds. The average molecular weight is 235 g/mol. The lowest BCUT2D eigenvalue weighted by Gasteiger charge is -2.22. The number of H-pyrrole nitrogens is 2. The second-order valence-electron chi connectivity index (χ2n) is 3.85. The molecule has 2 rings (SSSR count). The normalized spacial score (nSPS) is 18.6. The van der Waals surface area contributed by atoms with Crippen LogP contribution in [0.3, 0.4) is 0 Å². The summed E-state index contributed by atoms with van der Waals surface area (Å²) in [5.74, 6) is -0.362. The number of aromatic nitrogens is 2. The second kappa shape index (κ2) is 4.40. The fourth-order valence-electron chi connectivity index (χ4n) is 1.88. The Labute approximate surface area is 97.0 Å². The van der Waals surface area contributed by atoms with Gasteiger partial charge < -0.3 is 9.88 Å². The minimum absolute atomic E-state index is 0.0221. The Kier molecular flexibility index (Phi) is 2.95. The van der Waals surface area contributed by atoms with Gasteiger partial charge in [-0.05, 0) is 6.42 Å². The van der Waals surface area contributed by atoms with Gasteiger partial charge in [0.25, 0.3) is 11.5 Å². The number of hydrogen-bond donors (Lipinski definition) is 2. The van der Waals surface area contributed by atoms with Gasteiger partial charge in [0.1, 0.15) is 5.56 Å². The Morgan fingerprint density at radius 1 is 1.53 bits per heavy atom. The van der Waals surface area contributed by atoms with Gasteiger partial charge in [0.2, 0.25) is 0 Å². The Hall–Kier alpha value is -2.11. The van der Waals surface area contributed by atoms with Crippen molar-refractivity contribution in [2.75, 3.05) is 6.54 Å². The molecule has 2 N–H and O–H groups in total. The highest BCUT2D eigenvalue weighted by Crippen LogP contribution is 2.14. The van der Waals surface area contributed by atoms with E-state index in [1.807, 2.05) is 24.1 Å². The number of amides is 1. The quantitative estimate of drug-likeness (QED) is 0.699. The Bertz CT molecular complexity index is 570. The van der Waals surface area contributed by atoms with Crippen molar-refractivity contribution in [1.29, 1.82) is 0 Å². The van der Waals surface area contributed by atoms with E-state index in [0.717, 1.165) is 12.6 Å². The molecule has 0 fully saturated rings. The van der Waals surface area contributed by atoms with Crippen molar-refractivity contribution in [3.63, 3.8) is 0 Å². The maximum absolute atomic E-state index is 12.1. The molecule has 1 aromatic heterocycles. The summed E-state index contributed by atoms with van der Waals surface area (Å²) in [5, 5.41) is 0. The lowest BCUT2D eigenvalue weighted by atomic mass is 10.2. The summed E-state index contributed by atoms with van der Waals surface area (Å²) in [4.78, 5) is 40.4. The highest BCUT2D eigenvalue weighted by Gasteiger charge is 2.26. The van der Waals surface area contributed by atoms with Crippen LogP contribution in [0.15, 0.2) is 27.9 Å². The summed E-state index contributed by atoms with van der Waals surface area (Å²) in [7, 11) is 0. The highest BCUT2D eigenvalue weighted by atomic mass is 16.2. The molecule has 0 saturated heterocycles. The van der Waals surface area contributed by atoms with E-state index < -0.39 is 11.2 Å². The monoisotopic (exact) mass is 235 g/mol. The number of hydrogen-bond acceptors (Lipinski definition) is 3. The minimum atomic E-state index is -0.652. The van der Waals surface area contributed by atoms with Gasteiger partial charge in [0.05, 0.1) is 6.04 Å². The van der Waals surface area contributed by atoms with Crippen LogP contribution in [-0.4, -0.2) is 33.4 Å². The van der Waals surface area contributed by atoms with Crippen molar-refractivity contribution in [3.8, 4) is 0 Å². The summed E-state index contributed by atoms with van der Waals surface area (Å²) in [5.41, 5.74) is -1.30. The summed E-state index contributed by atoms with van der Waals surface area (Å²) >= 11 is 0. The van der Waals surface area contributed by atoms with Crippen LogP contribution in [0, 0.1) is 0 Å². The molecule has 17 heavy (non-hydrogen) atoms. The van der Waals surface area contributed by atoms with E-state index >= 15 is 0 Å². The molecule has 6 nitrogen and oxygen atoms in total. The third-order valence-electron chi connectivity index (χ3n) is 2.79. The van der Waals surface area contributed by atoms with Crippen molar-refractivity contribution >= 4 is 5.91 Å². The second-order valence-corrected chi connectivity index (χ2v) is 3.85. The molecule has 90 valence electrons. The summed E-state index contributed by atoms with van der Waals surface area (Å²) in [6.45, 7) is 2.47. The Balaban J connectivity index is 2.32. The molecule has 6 heteroatoms. The van der Waals surface area contributed by atoms with Gasteiger partial charge in [-0.15, -0.1) is 0 Å². The lowest BCUT2D eigenvalue weighted by Crippen LogP contribution is -2.39. The molecule has 2 heterocycles. The Morgan fingerprint density at radius 2 is 2.29 bits per heavy atom. The van der Waals surface area contributed by atoms with Crippen LogP contribution in [0.2, 0.25) is 0 Å². The fourth-order valence-corrected chi connectivity index (χ4v) is 1.88. The van der Waals surface area contributed by atoms with Crippen molar-refractivity contribution in [3.05, 3.63) is 44.8 Å². The molecule has 1 aliphatic rings. The van der Waals surface area contributed by atoms with E-state index in [0.29, 0.717) is 6.54 Å². The zero-order valence-electron chi connectivity index (χ0n) is 9.40. The third kappa shape index (κ3) is 2.06. The number of carbonyl (C=O) groups excluding carboxylic acids is 1. The van der Waals surface area contributed by atoms with Crippen LogP contribution in [0.25, 0.3) is 0 Å². The van der Waals surface area contributed by atoms with Crippen LogP contribution < -0.4 is 11.2 Å². The molecule has 1 unspecified atom stereocenters. The van der Waals surface area contributed by atoms with Crippen molar-refractivity contribution in [1.82, 2.24) is 14.9 Å². The zero-order chi connectivity index (χ0) is 12.4. The van der Waals surface area contributed by atoms with Crippen LogP contribution in [-0.2, 0) is 0 Å². The van der Waals surface area contributed by atoms with Gasteiger partial charge in [-0.25, -0.2) is 4.79 Å². The van der Waals surface area contributed by atoms with E-state index in [1.54, 1.807) is 4.90 Å². The molecule has 0 bridgehead atoms. The number of carbonyl (C=O) groups is 1. The van der Waals surface area contributed by atoms with Gasteiger partial charge in [0, 0.05) is 12.7 Å². The molecule has 0 spiro atoms. The van der Waals surface area contributed by atoms with Crippen LogP contribution in [0.1, 0.15) is 23.7 Å². The van der Waals surface area contributed by atoms with E-state index in [4.69, 9.17) is 0 Å². The van der Waals surface area contributed by atoms with Crippen LogP contribution >= 0.6 is 0 Å². The SMILES string of the molecule is CCC1C=CCN1C(=O)c1c[nH]c(=O)[nH]c1=O. The molecule has 1 aromatic rings. The van der Waals surface area contributed by atoms with Crippen LogP contribution in [0.5, 0.6) is 0 Å². The Morgan fingerprint density at radius 3 is 2.94 bits per heavy atom. The zero-order valence-corrected chi connectivity index (χ0v) is 9.40. The predicted molar refractivity (Wildman–Crippen MR) is 61.9 cm³/mol. The van der Waals surface area contributed by atoms with Gasteiger partial charge in [-0.1, -0.05) is 19.1 Å². The average Bonchev–Trinajstić information content (AvgIpc) is 2.76. The van der Waals surface area contributed by atoms with Gasteiger partial charge >= 0.3 is 5.69 Å². The molecule has 0 aromatic carbocycles. The molecule has 0 aliphatic carbocycles. The topological polar surface area (TPSA) is 86.0 Å². The first kappa shape index (κ1) is 11.4. The first-order valence-electron chi connectivity index (χ1n) is 5.43. The number of aromatic amines is 2. The van der Waals surface area contributed by atoms with E-state index in [9.17, 15) is 14.4 Å². The molecule has 0 radical (unpaired) electrons. The first-order chi connectivity index (χ1) is 8.13. The van der Waals surface area contributed by atoms with E-state index in [-0.39, 0.29) is 17.5 Å². The third-order valence-corrected chi connectivity index (χ3v) is 2.79. The van der Waals surface area contributed by atoms with E-state index in [1.165, 1.54) is 0 Å². The minimum Gasteiger partial charge on any atom is -0.328 e. The van der Waals surface area contributed by atoms with Gasteiger partial charge in [0.15, 0.2) is 0 Å². The van der Waals surface area contributed by atoms with Crippen molar-refractivity contribution in [2.45, 2.75) is 19.4 Å². The van der Waals surface area contributed by atoms with Crippen molar-refractivity contribution in [2.24, 2.45) is 0 Å². The van der Waals surface area contributed by atoms with Gasteiger partial charge in [-0.3, -0.25) is 14.6 Å². The smallest absolute Gasteiger partial charge is 0.325 e. The molecule has 0 saturated carbocycles. The summed E-state index contributed by atoms with van der Waals surface area (Å²) < 4.78 is 0. The number of nitrogens with zero attached hydrogens (tertiary/aromatic N) is 1. The molecule has 1 atom stereocenters. The summed E-state index contributed by atoms with van der Waals surface area (Å²) in [6, 6.07) is 0.0221. The fraction of sp³-hybridized carbons (Fsp3) is 0.364. The van der Waals surface area contributed by atoms with Gasteiger partial charge in [-0.2, -0.15) is 0 Å². The maximum Gasteiger partial charge on any atom is 0.325 e. The molecule has 1 aliphatic heterocycles. The lowest BCUT2D eigenvalue weighted by molar-refractivity contribution is 0.0745. The molecular weight excluding hydrogens is 222 g/mol. The van der Waals surface area contributed by atoms with Crippen LogP contribution in [0.4, 0.5) is 0 Å². The number of rotatable bonds is 2. The molecular formula is C11H13N3O3. The largest absolute Gasteiger partial charge is 0.328 e. The van der Waals surface area contributed by atoms with E-state index in [2.05, 4.69) is 4.98 Å². The highest BCUT2D eigenvalue weighted by molar-refractivity contribution is 5.94. The predicted octanol–water partition coefficient (Wildman–Crippen LogP) is -0.146. The number of nitrogens with one attached hydrogen (secondary N) is 2. The first-order valence-corrected chi connectivity index (χ1v) is 5.43. The maximum atomic E-state index is 12.1. The van der Waals surface area contributed by atoms with Crippen molar-refractivity contribution < 1.29 is 4.79 Å². The standard InChI is InChI=1S/C11H13N3O3/c1-2-7-4-3-5-14(7)10(16)8-6-12-11(17)13-9(8)15/h3-4,6-7H,2,5H2,1H3,(H2,12,13,15,17). The summed E-state index contributed by atoms with van der Waals surface area (Å²) in [6.07, 6.45) is 5.79.